The Balaban J connectivity index is 3.70. The van der Waals surface area contributed by atoms with E-state index in [1.54, 1.807) is 0 Å². The quantitative estimate of drug-likeness (QED) is 0.642. The molecule has 0 saturated carbocycles. The number of rotatable bonds is 5. The van der Waals surface area contributed by atoms with Gasteiger partial charge in [0.1, 0.15) is 0 Å². The van der Waals surface area contributed by atoms with Crippen LogP contribution in [0.15, 0.2) is 0 Å². The van der Waals surface area contributed by atoms with Crippen LogP contribution in [0.5, 0.6) is 0 Å². The molecule has 3 unspecified atom stereocenters. The Bertz CT molecular complexity index is 95.6. The van der Waals surface area contributed by atoms with Crippen molar-refractivity contribution in [3.05, 3.63) is 0 Å². The van der Waals surface area contributed by atoms with E-state index >= 15 is 0 Å². The third kappa shape index (κ3) is 3.97. The van der Waals surface area contributed by atoms with E-state index in [4.69, 9.17) is 11.6 Å². The van der Waals surface area contributed by atoms with E-state index in [9.17, 15) is 5.11 Å². The van der Waals surface area contributed by atoms with Gasteiger partial charge in [0.25, 0.3) is 0 Å². The van der Waals surface area contributed by atoms with Crippen molar-refractivity contribution in [1.29, 1.82) is 0 Å². The number of aliphatic hydroxyl groups is 1. The SMILES string of the molecule is CCC(C)C(O)C(C)CCCl. The van der Waals surface area contributed by atoms with Gasteiger partial charge in [0.2, 0.25) is 0 Å². The fourth-order valence-corrected chi connectivity index (χ4v) is 1.49. The Hall–Kier alpha value is 0.250. The molecule has 0 aliphatic carbocycles. The summed E-state index contributed by atoms with van der Waals surface area (Å²) in [6.07, 6.45) is 1.76. The fraction of sp³-hybridized carbons (Fsp3) is 1.00. The molecule has 0 rings (SSSR count). The zero-order chi connectivity index (χ0) is 8.85. The van der Waals surface area contributed by atoms with Crippen molar-refractivity contribution in [2.24, 2.45) is 11.8 Å². The van der Waals surface area contributed by atoms with E-state index in [0.717, 1.165) is 12.8 Å². The smallest absolute Gasteiger partial charge is 0.0591 e. The summed E-state index contributed by atoms with van der Waals surface area (Å²) < 4.78 is 0. The first kappa shape index (κ1) is 11.2. The maximum absolute atomic E-state index is 9.66. The van der Waals surface area contributed by atoms with Crippen molar-refractivity contribution in [3.8, 4) is 0 Å². The van der Waals surface area contributed by atoms with Gasteiger partial charge in [-0.15, -0.1) is 11.6 Å². The standard InChI is InChI=1S/C9H19ClO/c1-4-7(2)9(11)8(3)5-6-10/h7-9,11H,4-6H2,1-3H3. The molecule has 2 heteroatoms. The van der Waals surface area contributed by atoms with E-state index < -0.39 is 0 Å². The Morgan fingerprint density at radius 1 is 1.27 bits per heavy atom. The van der Waals surface area contributed by atoms with Crippen LogP contribution in [0.1, 0.15) is 33.6 Å². The average Bonchev–Trinajstić information content (AvgIpc) is 2.02. The molecule has 0 spiro atoms. The largest absolute Gasteiger partial charge is 0.393 e. The average molecular weight is 179 g/mol. The number of aliphatic hydroxyl groups excluding tert-OH is 1. The molecule has 68 valence electrons. The minimum absolute atomic E-state index is 0.182. The molecule has 11 heavy (non-hydrogen) atoms. The van der Waals surface area contributed by atoms with Crippen molar-refractivity contribution in [2.75, 3.05) is 5.88 Å². The highest BCUT2D eigenvalue weighted by atomic mass is 35.5. The lowest BCUT2D eigenvalue weighted by molar-refractivity contribution is 0.0620. The Morgan fingerprint density at radius 2 is 1.82 bits per heavy atom. The molecule has 0 amide bonds. The predicted molar refractivity (Wildman–Crippen MR) is 50.0 cm³/mol. The van der Waals surface area contributed by atoms with Gasteiger partial charge in [0.15, 0.2) is 0 Å². The fourth-order valence-electron chi connectivity index (χ4n) is 1.15. The Morgan fingerprint density at radius 3 is 2.18 bits per heavy atom. The molecule has 0 fully saturated rings. The second-order valence-corrected chi connectivity index (χ2v) is 3.71. The maximum Gasteiger partial charge on any atom is 0.0591 e. The topological polar surface area (TPSA) is 20.2 Å². The lowest BCUT2D eigenvalue weighted by Gasteiger charge is -2.23. The van der Waals surface area contributed by atoms with Crippen LogP contribution in [0.25, 0.3) is 0 Å². The van der Waals surface area contributed by atoms with Crippen molar-refractivity contribution in [1.82, 2.24) is 0 Å². The van der Waals surface area contributed by atoms with E-state index in [0.29, 0.717) is 17.7 Å². The summed E-state index contributed by atoms with van der Waals surface area (Å²) in [5, 5.41) is 9.66. The molecular formula is C9H19ClO. The summed E-state index contributed by atoms with van der Waals surface area (Å²) in [7, 11) is 0. The van der Waals surface area contributed by atoms with Crippen molar-refractivity contribution >= 4 is 11.6 Å². The number of hydrogen-bond donors (Lipinski definition) is 1. The second kappa shape index (κ2) is 5.84. The van der Waals surface area contributed by atoms with Crippen molar-refractivity contribution < 1.29 is 5.11 Å². The maximum atomic E-state index is 9.66. The normalized spacial score (nSPS) is 19.4. The van der Waals surface area contributed by atoms with E-state index in [2.05, 4.69) is 20.8 Å². The second-order valence-electron chi connectivity index (χ2n) is 3.33. The lowest BCUT2D eigenvalue weighted by Crippen LogP contribution is -2.25. The van der Waals surface area contributed by atoms with Gasteiger partial charge in [-0.2, -0.15) is 0 Å². The van der Waals surface area contributed by atoms with Crippen LogP contribution in [0.3, 0.4) is 0 Å². The van der Waals surface area contributed by atoms with E-state index in [1.807, 2.05) is 0 Å². The Labute approximate surface area is 74.8 Å². The van der Waals surface area contributed by atoms with Crippen molar-refractivity contribution in [2.45, 2.75) is 39.7 Å². The van der Waals surface area contributed by atoms with Gasteiger partial charge < -0.3 is 5.11 Å². The molecule has 0 aliphatic heterocycles. The summed E-state index contributed by atoms with van der Waals surface area (Å²) >= 11 is 5.58. The van der Waals surface area contributed by atoms with Crippen molar-refractivity contribution in [3.63, 3.8) is 0 Å². The monoisotopic (exact) mass is 178 g/mol. The van der Waals surface area contributed by atoms with Gasteiger partial charge in [-0.3, -0.25) is 0 Å². The first-order chi connectivity index (χ1) is 5.13. The molecule has 0 aromatic heterocycles. The van der Waals surface area contributed by atoms with Crippen LogP contribution in [-0.2, 0) is 0 Å². The summed E-state index contributed by atoms with van der Waals surface area (Å²) in [6.45, 7) is 6.23. The lowest BCUT2D eigenvalue weighted by atomic mass is 9.90. The highest BCUT2D eigenvalue weighted by Gasteiger charge is 2.18. The van der Waals surface area contributed by atoms with Crippen LogP contribution < -0.4 is 0 Å². The predicted octanol–water partition coefficient (Wildman–Crippen LogP) is 2.66. The van der Waals surface area contributed by atoms with E-state index in [-0.39, 0.29) is 6.10 Å². The van der Waals surface area contributed by atoms with Crippen LogP contribution in [0.2, 0.25) is 0 Å². The zero-order valence-corrected chi connectivity index (χ0v) is 8.43. The third-order valence-corrected chi connectivity index (χ3v) is 2.59. The number of halogens is 1. The Kier molecular flexibility index (Phi) is 5.98. The molecule has 0 aliphatic rings. The molecule has 0 saturated heterocycles. The molecule has 0 aromatic rings. The van der Waals surface area contributed by atoms with Gasteiger partial charge in [-0.05, 0) is 18.3 Å². The first-order valence-corrected chi connectivity index (χ1v) is 4.90. The molecule has 0 aromatic carbocycles. The van der Waals surface area contributed by atoms with E-state index in [1.165, 1.54) is 0 Å². The van der Waals surface area contributed by atoms with Crippen LogP contribution in [0.4, 0.5) is 0 Å². The van der Waals surface area contributed by atoms with Gasteiger partial charge in [-0.1, -0.05) is 27.2 Å². The highest BCUT2D eigenvalue weighted by molar-refractivity contribution is 6.17. The minimum Gasteiger partial charge on any atom is -0.393 e. The van der Waals surface area contributed by atoms with Crippen LogP contribution >= 0.6 is 11.6 Å². The number of hydrogen-bond acceptors (Lipinski definition) is 1. The molecule has 3 atom stereocenters. The summed E-state index contributed by atoms with van der Waals surface area (Å²) in [4.78, 5) is 0. The zero-order valence-electron chi connectivity index (χ0n) is 7.68. The van der Waals surface area contributed by atoms with Crippen LogP contribution in [0, 0.1) is 11.8 Å². The molecule has 1 N–H and O–H groups in total. The van der Waals surface area contributed by atoms with Gasteiger partial charge in [0, 0.05) is 5.88 Å². The first-order valence-electron chi connectivity index (χ1n) is 4.37. The third-order valence-electron chi connectivity index (χ3n) is 2.37. The van der Waals surface area contributed by atoms with Gasteiger partial charge in [-0.25, -0.2) is 0 Å². The van der Waals surface area contributed by atoms with Gasteiger partial charge in [0.05, 0.1) is 6.10 Å². The molecule has 0 heterocycles. The highest BCUT2D eigenvalue weighted by Crippen LogP contribution is 2.18. The minimum atomic E-state index is -0.182. The molecule has 1 nitrogen and oxygen atoms in total. The molecule has 0 bridgehead atoms. The van der Waals surface area contributed by atoms with Crippen LogP contribution in [-0.4, -0.2) is 17.1 Å². The van der Waals surface area contributed by atoms with Gasteiger partial charge >= 0.3 is 0 Å². The molecular weight excluding hydrogens is 160 g/mol. The number of alkyl halides is 1. The molecule has 0 radical (unpaired) electrons. The summed E-state index contributed by atoms with van der Waals surface area (Å²) in [5.74, 6) is 1.38. The summed E-state index contributed by atoms with van der Waals surface area (Å²) in [5.41, 5.74) is 0. The summed E-state index contributed by atoms with van der Waals surface area (Å²) in [6, 6.07) is 0.